The number of amidine groups is 1. The summed E-state index contributed by atoms with van der Waals surface area (Å²) >= 11 is 1.80. The van der Waals surface area contributed by atoms with Gasteiger partial charge in [0.25, 0.3) is 0 Å². The van der Waals surface area contributed by atoms with Crippen LogP contribution in [-0.4, -0.2) is 17.5 Å². The van der Waals surface area contributed by atoms with E-state index in [1.165, 1.54) is 22.3 Å². The fraction of sp³-hybridized carbons (Fsp3) is 0.188. The number of benzene rings is 2. The van der Waals surface area contributed by atoms with Gasteiger partial charge in [0.15, 0.2) is 5.17 Å². The van der Waals surface area contributed by atoms with Gasteiger partial charge < -0.3 is 5.32 Å². The quantitative estimate of drug-likeness (QED) is 0.725. The summed E-state index contributed by atoms with van der Waals surface area (Å²) in [5.41, 5.74) is 6.76. The molecule has 2 aromatic carbocycles. The SMILES string of the molecule is c1ccc2c(c1)Cc1cc(NC3=NCCS3)ccc1-2. The van der Waals surface area contributed by atoms with Crippen LogP contribution in [0, 0.1) is 0 Å². The Kier molecular flexibility index (Phi) is 2.59. The van der Waals surface area contributed by atoms with Crippen molar-refractivity contribution >= 4 is 22.6 Å². The summed E-state index contributed by atoms with van der Waals surface area (Å²) in [6.07, 6.45) is 1.04. The molecule has 0 amide bonds. The van der Waals surface area contributed by atoms with Gasteiger partial charge in [0.05, 0.1) is 6.54 Å². The van der Waals surface area contributed by atoms with Crippen LogP contribution < -0.4 is 5.32 Å². The van der Waals surface area contributed by atoms with E-state index in [9.17, 15) is 0 Å². The van der Waals surface area contributed by atoms with Crippen molar-refractivity contribution in [1.82, 2.24) is 0 Å². The molecule has 0 radical (unpaired) electrons. The molecule has 2 nitrogen and oxygen atoms in total. The maximum Gasteiger partial charge on any atom is 0.161 e. The number of fused-ring (bicyclic) bond motifs is 3. The van der Waals surface area contributed by atoms with Gasteiger partial charge in [0.2, 0.25) is 0 Å². The minimum Gasteiger partial charge on any atom is -0.335 e. The molecule has 0 bridgehead atoms. The molecule has 0 saturated carbocycles. The predicted molar refractivity (Wildman–Crippen MR) is 83.1 cm³/mol. The van der Waals surface area contributed by atoms with Crippen molar-refractivity contribution in [3.05, 3.63) is 53.6 Å². The molecule has 0 spiro atoms. The summed E-state index contributed by atoms with van der Waals surface area (Å²) in [5, 5.41) is 4.46. The van der Waals surface area contributed by atoms with E-state index in [-0.39, 0.29) is 0 Å². The normalized spacial score (nSPS) is 15.9. The van der Waals surface area contributed by atoms with Crippen molar-refractivity contribution in [3.8, 4) is 11.1 Å². The molecule has 0 aromatic heterocycles. The van der Waals surface area contributed by atoms with E-state index in [0.717, 1.165) is 29.6 Å². The number of hydrogen-bond donors (Lipinski definition) is 1. The summed E-state index contributed by atoms with van der Waals surface area (Å²) < 4.78 is 0. The Morgan fingerprint density at radius 3 is 2.79 bits per heavy atom. The zero-order chi connectivity index (χ0) is 12.7. The average molecular weight is 266 g/mol. The van der Waals surface area contributed by atoms with Gasteiger partial charge in [-0.3, -0.25) is 4.99 Å². The lowest BCUT2D eigenvalue weighted by Gasteiger charge is -2.07. The molecule has 0 saturated heterocycles. The molecular formula is C16H14N2S. The highest BCUT2D eigenvalue weighted by molar-refractivity contribution is 8.14. The Morgan fingerprint density at radius 1 is 1.00 bits per heavy atom. The lowest BCUT2D eigenvalue weighted by molar-refractivity contribution is 1.17. The number of hydrogen-bond acceptors (Lipinski definition) is 3. The van der Waals surface area contributed by atoms with Crippen molar-refractivity contribution in [3.63, 3.8) is 0 Å². The van der Waals surface area contributed by atoms with E-state index in [1.807, 2.05) is 0 Å². The maximum atomic E-state index is 4.43. The first-order valence-corrected chi connectivity index (χ1v) is 7.54. The van der Waals surface area contributed by atoms with Crippen molar-refractivity contribution < 1.29 is 0 Å². The Labute approximate surface area is 117 Å². The molecule has 1 heterocycles. The second-order valence-corrected chi connectivity index (χ2v) is 5.95. The monoisotopic (exact) mass is 266 g/mol. The van der Waals surface area contributed by atoms with E-state index in [0.29, 0.717) is 0 Å². The first-order valence-electron chi connectivity index (χ1n) is 6.56. The summed E-state index contributed by atoms with van der Waals surface area (Å²) in [6, 6.07) is 15.3. The molecule has 2 aromatic rings. The van der Waals surface area contributed by atoms with Gasteiger partial charge in [-0.05, 0) is 40.8 Å². The van der Waals surface area contributed by atoms with E-state index in [1.54, 1.807) is 11.8 Å². The van der Waals surface area contributed by atoms with Crippen LogP contribution in [0.3, 0.4) is 0 Å². The van der Waals surface area contributed by atoms with Crippen LogP contribution in [0.5, 0.6) is 0 Å². The molecule has 94 valence electrons. The standard InChI is InChI=1S/C16H14N2S/c1-2-4-14-11(3-1)9-12-10-13(5-6-15(12)14)18-16-17-7-8-19-16/h1-6,10H,7-9H2,(H,17,18). The van der Waals surface area contributed by atoms with Gasteiger partial charge in [-0.25, -0.2) is 0 Å². The molecule has 0 fully saturated rings. The summed E-state index contributed by atoms with van der Waals surface area (Å²) in [5.74, 6) is 1.10. The molecule has 2 aliphatic rings. The lowest BCUT2D eigenvalue weighted by Crippen LogP contribution is -2.04. The minimum atomic E-state index is 0.934. The topological polar surface area (TPSA) is 24.4 Å². The molecule has 3 heteroatoms. The summed E-state index contributed by atoms with van der Waals surface area (Å²) in [6.45, 7) is 0.934. The van der Waals surface area contributed by atoms with Gasteiger partial charge >= 0.3 is 0 Å². The highest BCUT2D eigenvalue weighted by Crippen LogP contribution is 2.37. The third kappa shape index (κ3) is 1.94. The first kappa shape index (κ1) is 11.1. The molecule has 1 N–H and O–H groups in total. The smallest absolute Gasteiger partial charge is 0.161 e. The van der Waals surface area contributed by atoms with Crippen LogP contribution in [-0.2, 0) is 6.42 Å². The molecule has 4 rings (SSSR count). The summed E-state index contributed by atoms with van der Waals surface area (Å²) in [4.78, 5) is 4.43. The Hall–Kier alpha value is -1.74. The van der Waals surface area contributed by atoms with E-state index in [2.05, 4.69) is 52.8 Å². The number of nitrogens with zero attached hydrogens (tertiary/aromatic N) is 1. The molecule has 0 unspecified atom stereocenters. The highest BCUT2D eigenvalue weighted by Gasteiger charge is 2.18. The van der Waals surface area contributed by atoms with Crippen molar-refractivity contribution in [1.29, 1.82) is 0 Å². The van der Waals surface area contributed by atoms with Crippen LogP contribution in [0.25, 0.3) is 11.1 Å². The minimum absolute atomic E-state index is 0.934. The van der Waals surface area contributed by atoms with Crippen LogP contribution in [0.4, 0.5) is 5.69 Å². The number of anilines is 1. The van der Waals surface area contributed by atoms with Gasteiger partial charge in [-0.15, -0.1) is 0 Å². The molecule has 1 aliphatic carbocycles. The zero-order valence-electron chi connectivity index (χ0n) is 10.5. The molecule has 1 aliphatic heterocycles. The van der Waals surface area contributed by atoms with E-state index in [4.69, 9.17) is 0 Å². The zero-order valence-corrected chi connectivity index (χ0v) is 11.3. The van der Waals surface area contributed by atoms with Gasteiger partial charge in [0.1, 0.15) is 0 Å². The Bertz CT molecular complexity index is 676. The predicted octanol–water partition coefficient (Wildman–Crippen LogP) is 3.77. The van der Waals surface area contributed by atoms with Crippen molar-refractivity contribution in [2.45, 2.75) is 6.42 Å². The number of nitrogens with one attached hydrogen (secondary N) is 1. The third-order valence-corrected chi connectivity index (χ3v) is 4.52. The van der Waals surface area contributed by atoms with Crippen LogP contribution in [0.1, 0.15) is 11.1 Å². The largest absolute Gasteiger partial charge is 0.335 e. The van der Waals surface area contributed by atoms with Crippen LogP contribution in [0.2, 0.25) is 0 Å². The lowest BCUT2D eigenvalue weighted by atomic mass is 10.1. The summed E-state index contributed by atoms with van der Waals surface area (Å²) in [7, 11) is 0. The second kappa shape index (κ2) is 4.42. The van der Waals surface area contributed by atoms with Crippen LogP contribution >= 0.6 is 11.8 Å². The van der Waals surface area contributed by atoms with Gasteiger partial charge in [0, 0.05) is 11.4 Å². The second-order valence-electron chi connectivity index (χ2n) is 4.87. The fourth-order valence-corrected chi connectivity index (χ4v) is 3.51. The molecule has 19 heavy (non-hydrogen) atoms. The third-order valence-electron chi connectivity index (χ3n) is 3.63. The fourth-order valence-electron chi connectivity index (χ4n) is 2.76. The molecular weight excluding hydrogens is 252 g/mol. The highest BCUT2D eigenvalue weighted by atomic mass is 32.2. The Morgan fingerprint density at radius 2 is 1.89 bits per heavy atom. The maximum absolute atomic E-state index is 4.43. The van der Waals surface area contributed by atoms with E-state index >= 15 is 0 Å². The number of rotatable bonds is 1. The first-order chi connectivity index (χ1) is 9.40. The van der Waals surface area contributed by atoms with Crippen molar-refractivity contribution in [2.24, 2.45) is 4.99 Å². The average Bonchev–Trinajstić information content (AvgIpc) is 3.05. The van der Waals surface area contributed by atoms with Crippen molar-refractivity contribution in [2.75, 3.05) is 17.6 Å². The Balaban J connectivity index is 1.67. The van der Waals surface area contributed by atoms with Crippen LogP contribution in [0.15, 0.2) is 47.5 Å². The van der Waals surface area contributed by atoms with Gasteiger partial charge in [-0.2, -0.15) is 0 Å². The number of thioether (sulfide) groups is 1. The van der Waals surface area contributed by atoms with Gasteiger partial charge in [-0.1, -0.05) is 42.1 Å². The van der Waals surface area contributed by atoms with E-state index < -0.39 is 0 Å². The number of aliphatic imine (C=N–C) groups is 1. The molecule has 0 atom stereocenters.